The molecule has 0 saturated carbocycles. The maximum atomic E-state index is 13.1. The molecule has 0 bridgehead atoms. The first-order valence-electron chi connectivity index (χ1n) is 7.08. The van der Waals surface area contributed by atoms with Crippen molar-refractivity contribution >= 4 is 15.8 Å². The maximum absolute atomic E-state index is 13.1. The van der Waals surface area contributed by atoms with Crippen LogP contribution in [-0.2, 0) is 20.8 Å². The van der Waals surface area contributed by atoms with Crippen molar-refractivity contribution < 1.29 is 36.2 Å². The number of sulfone groups is 1. The van der Waals surface area contributed by atoms with Crippen molar-refractivity contribution in [1.29, 1.82) is 0 Å². The predicted octanol–water partition coefficient (Wildman–Crippen LogP) is 2.42. The van der Waals surface area contributed by atoms with E-state index < -0.39 is 45.0 Å². The van der Waals surface area contributed by atoms with Crippen molar-refractivity contribution in [3.05, 3.63) is 36.0 Å². The fourth-order valence-electron chi connectivity index (χ4n) is 1.93. The molecule has 140 valence electrons. The van der Waals surface area contributed by atoms with E-state index in [0.717, 1.165) is 0 Å². The van der Waals surface area contributed by atoms with E-state index in [0.29, 0.717) is 11.8 Å². The molecule has 0 saturated heterocycles. The fourth-order valence-corrected chi connectivity index (χ4v) is 3.03. The van der Waals surface area contributed by atoms with Gasteiger partial charge in [0.1, 0.15) is 11.4 Å². The van der Waals surface area contributed by atoms with E-state index in [9.17, 15) is 26.4 Å². The lowest BCUT2D eigenvalue weighted by Gasteiger charge is -2.11. The van der Waals surface area contributed by atoms with Crippen LogP contribution in [0.15, 0.2) is 35.5 Å². The maximum Gasteiger partial charge on any atom is 0.433 e. The second-order valence-corrected chi connectivity index (χ2v) is 7.11. The molecule has 0 aliphatic heterocycles. The summed E-state index contributed by atoms with van der Waals surface area (Å²) in [5.41, 5.74) is -1.48. The number of hydrogen-bond acceptors (Lipinski definition) is 6. The highest BCUT2D eigenvalue weighted by Gasteiger charge is 2.35. The molecule has 11 heteroatoms. The highest BCUT2D eigenvalue weighted by molar-refractivity contribution is 7.91. The Hall–Kier alpha value is -2.69. The normalized spacial score (nSPS) is 12.0. The Balaban J connectivity index is 2.57. The zero-order valence-corrected chi connectivity index (χ0v) is 14.1. The molecule has 0 fully saturated rings. The highest BCUT2D eigenvalue weighted by atomic mass is 32.2. The Morgan fingerprint density at radius 2 is 1.81 bits per heavy atom. The molecular formula is C15H13F3N2O5S. The zero-order chi connectivity index (χ0) is 19.5. The first-order valence-corrected chi connectivity index (χ1v) is 8.73. The largest absolute Gasteiger partial charge is 0.497 e. The van der Waals surface area contributed by atoms with Gasteiger partial charge in [-0.25, -0.2) is 18.4 Å². The number of rotatable bonds is 6. The summed E-state index contributed by atoms with van der Waals surface area (Å²) in [5.74, 6) is -1.87. The average molecular weight is 390 g/mol. The number of carbonyl (C=O) groups is 1. The summed E-state index contributed by atoms with van der Waals surface area (Å²) < 4.78 is 68.5. The highest BCUT2D eigenvalue weighted by Crippen LogP contribution is 2.31. The number of halogens is 3. The van der Waals surface area contributed by atoms with Gasteiger partial charge in [0.05, 0.1) is 25.0 Å². The van der Waals surface area contributed by atoms with E-state index in [1.165, 1.54) is 31.4 Å². The van der Waals surface area contributed by atoms with E-state index >= 15 is 0 Å². The van der Waals surface area contributed by atoms with Gasteiger partial charge < -0.3 is 9.84 Å². The van der Waals surface area contributed by atoms with Gasteiger partial charge in [-0.15, -0.1) is 0 Å². The van der Waals surface area contributed by atoms with Crippen LogP contribution in [0.4, 0.5) is 13.2 Å². The summed E-state index contributed by atoms with van der Waals surface area (Å²) in [7, 11) is -3.00. The van der Waals surface area contributed by atoms with Gasteiger partial charge in [-0.3, -0.25) is 4.79 Å². The van der Waals surface area contributed by atoms with Gasteiger partial charge in [0.15, 0.2) is 0 Å². The minimum absolute atomic E-state index is 0.216. The van der Waals surface area contributed by atoms with Crippen molar-refractivity contribution in [2.75, 3.05) is 12.9 Å². The van der Waals surface area contributed by atoms with Crippen molar-refractivity contribution in [1.82, 2.24) is 9.97 Å². The molecule has 0 spiro atoms. The lowest BCUT2D eigenvalue weighted by atomic mass is 10.1. The van der Waals surface area contributed by atoms with E-state index in [4.69, 9.17) is 9.84 Å². The average Bonchev–Trinajstić information content (AvgIpc) is 2.59. The number of aliphatic carboxylic acids is 1. The molecular weight excluding hydrogens is 377 g/mol. The van der Waals surface area contributed by atoms with Gasteiger partial charge in [-0.2, -0.15) is 13.2 Å². The Morgan fingerprint density at radius 1 is 1.19 bits per heavy atom. The van der Waals surface area contributed by atoms with Crippen LogP contribution in [0.25, 0.3) is 11.3 Å². The van der Waals surface area contributed by atoms with Crippen LogP contribution < -0.4 is 4.74 Å². The lowest BCUT2D eigenvalue weighted by Crippen LogP contribution is -2.18. The van der Waals surface area contributed by atoms with E-state index in [-0.39, 0.29) is 11.3 Å². The summed E-state index contributed by atoms with van der Waals surface area (Å²) in [6, 6.07) is 6.40. The molecule has 0 aliphatic carbocycles. The van der Waals surface area contributed by atoms with Crippen molar-refractivity contribution in [2.24, 2.45) is 0 Å². The molecule has 1 heterocycles. The predicted molar refractivity (Wildman–Crippen MR) is 83.3 cm³/mol. The molecule has 0 aliphatic rings. The monoisotopic (exact) mass is 390 g/mol. The van der Waals surface area contributed by atoms with Gasteiger partial charge in [0.25, 0.3) is 0 Å². The molecule has 2 rings (SSSR count). The lowest BCUT2D eigenvalue weighted by molar-refractivity contribution is -0.141. The van der Waals surface area contributed by atoms with Crippen molar-refractivity contribution in [2.45, 2.75) is 17.8 Å². The molecule has 7 nitrogen and oxygen atoms in total. The summed E-state index contributed by atoms with van der Waals surface area (Å²) >= 11 is 0. The third-order valence-corrected chi connectivity index (χ3v) is 4.73. The Bertz CT molecular complexity index is 912. The standard InChI is InChI=1S/C15H13F3N2O5S/c1-25-10-4-2-9(3-5-10)11-8-12(15(16,17)18)20-14(19-11)26(23,24)7-6-13(21)22/h2-5,8H,6-7H2,1H3,(H,21,22). The van der Waals surface area contributed by atoms with E-state index in [2.05, 4.69) is 9.97 Å². The summed E-state index contributed by atoms with van der Waals surface area (Å²) in [6.07, 6.45) is -5.68. The van der Waals surface area contributed by atoms with E-state index in [1.54, 1.807) is 0 Å². The van der Waals surface area contributed by atoms with Gasteiger partial charge in [-0.05, 0) is 30.3 Å². The van der Waals surface area contributed by atoms with Gasteiger partial charge >= 0.3 is 12.1 Å². The number of carboxylic acid groups (broad SMARTS) is 1. The number of nitrogens with zero attached hydrogens (tertiary/aromatic N) is 2. The Morgan fingerprint density at radius 3 is 2.31 bits per heavy atom. The quantitative estimate of drug-likeness (QED) is 0.755. The van der Waals surface area contributed by atoms with Crippen molar-refractivity contribution in [3.8, 4) is 17.0 Å². The third-order valence-electron chi connectivity index (χ3n) is 3.24. The molecule has 1 N–H and O–H groups in total. The molecule has 0 unspecified atom stereocenters. The van der Waals surface area contributed by atoms with Gasteiger partial charge in [0.2, 0.25) is 15.0 Å². The molecule has 26 heavy (non-hydrogen) atoms. The first kappa shape index (κ1) is 19.6. The number of methoxy groups -OCH3 is 1. The van der Waals surface area contributed by atoms with Crippen LogP contribution in [0.3, 0.4) is 0 Å². The third kappa shape index (κ3) is 4.69. The molecule has 0 atom stereocenters. The number of hydrogen-bond donors (Lipinski definition) is 1. The van der Waals surface area contributed by atoms with Crippen molar-refractivity contribution in [3.63, 3.8) is 0 Å². The Labute approximate surface area is 146 Å². The summed E-state index contributed by atoms with van der Waals surface area (Å²) in [6.45, 7) is 0. The fraction of sp³-hybridized carbons (Fsp3) is 0.267. The zero-order valence-electron chi connectivity index (χ0n) is 13.3. The molecule has 0 amide bonds. The van der Waals surface area contributed by atoms with Crippen LogP contribution in [0, 0.1) is 0 Å². The molecule has 0 radical (unpaired) electrons. The van der Waals surface area contributed by atoms with Crippen LogP contribution in [0.1, 0.15) is 12.1 Å². The number of alkyl halides is 3. The Kier molecular flexibility index (Phi) is 5.50. The van der Waals surface area contributed by atoms with Crippen LogP contribution >= 0.6 is 0 Å². The number of carboxylic acids is 1. The summed E-state index contributed by atoms with van der Waals surface area (Å²) in [5, 5.41) is 7.52. The molecule has 1 aromatic heterocycles. The minimum atomic E-state index is -4.90. The van der Waals surface area contributed by atoms with Crippen LogP contribution in [-0.4, -0.2) is 42.3 Å². The van der Waals surface area contributed by atoms with Crippen LogP contribution in [0.2, 0.25) is 0 Å². The first-order chi connectivity index (χ1) is 12.0. The smallest absolute Gasteiger partial charge is 0.433 e. The number of benzene rings is 1. The number of ether oxygens (including phenoxy) is 1. The van der Waals surface area contributed by atoms with Gasteiger partial charge in [0, 0.05) is 5.56 Å². The molecule has 2 aromatic rings. The SMILES string of the molecule is COc1ccc(-c2cc(C(F)(F)F)nc(S(=O)(=O)CCC(=O)O)n2)cc1. The minimum Gasteiger partial charge on any atom is -0.497 e. The van der Waals surface area contributed by atoms with Gasteiger partial charge in [-0.1, -0.05) is 0 Å². The second kappa shape index (κ2) is 7.28. The molecule has 1 aromatic carbocycles. The second-order valence-electron chi connectivity index (χ2n) is 5.11. The topological polar surface area (TPSA) is 106 Å². The van der Waals surface area contributed by atoms with E-state index in [1.807, 2.05) is 0 Å². The summed E-state index contributed by atoms with van der Waals surface area (Å²) in [4.78, 5) is 17.3. The van der Waals surface area contributed by atoms with Crippen LogP contribution in [0.5, 0.6) is 5.75 Å². The number of aromatic nitrogens is 2.